The monoisotopic (exact) mass is 330 g/mol. The molecule has 0 spiro atoms. The van der Waals surface area contributed by atoms with Crippen LogP contribution in [0.3, 0.4) is 0 Å². The van der Waals surface area contributed by atoms with Crippen molar-refractivity contribution in [2.24, 2.45) is 0 Å². The first-order valence-electron chi connectivity index (χ1n) is 7.16. The lowest BCUT2D eigenvalue weighted by molar-refractivity contribution is 0.0559. The quantitative estimate of drug-likeness (QED) is 0.807. The first-order valence-corrected chi connectivity index (χ1v) is 9.05. The molecule has 1 aliphatic rings. The van der Waals surface area contributed by atoms with Crippen molar-refractivity contribution in [3.8, 4) is 0 Å². The Kier molecular flexibility index (Phi) is 5.25. The van der Waals surface area contributed by atoms with Crippen molar-refractivity contribution < 1.29 is 22.4 Å². The topological polar surface area (TPSA) is 88.8 Å². The largest absolute Gasteiger partial charge is 0.463 e. The Bertz CT molecular complexity index is 638. The number of likely N-dealkylation sites (tertiary alicyclic amines) is 1. The first-order chi connectivity index (χ1) is 10.3. The van der Waals surface area contributed by atoms with Crippen molar-refractivity contribution in [3.05, 3.63) is 23.2 Å². The zero-order chi connectivity index (χ0) is 16.3. The van der Waals surface area contributed by atoms with Crippen LogP contribution in [0, 0.1) is 6.92 Å². The number of ether oxygens (including phenoxy) is 1. The normalized spacial score (nSPS) is 20.0. The third-order valence-corrected chi connectivity index (χ3v) is 4.37. The summed E-state index contributed by atoms with van der Waals surface area (Å²) in [6, 6.07) is 1.74. The van der Waals surface area contributed by atoms with Crippen LogP contribution < -0.4 is 4.72 Å². The zero-order valence-electron chi connectivity index (χ0n) is 13.1. The van der Waals surface area contributed by atoms with Crippen molar-refractivity contribution in [3.63, 3.8) is 0 Å². The molecule has 7 nitrogen and oxygen atoms in total. The molecule has 1 aromatic heterocycles. The summed E-state index contributed by atoms with van der Waals surface area (Å²) in [6.07, 6.45) is 2.91. The standard InChI is InChI=1S/C14H22N2O5S/c1-10-7-12(21-13(10)14(17)20-2)9-16-6-4-5-11(8-16)15-22(3,18)19/h7,11,15H,4-6,8-9H2,1-3H3. The number of aryl methyl sites for hydroxylation is 1. The fourth-order valence-corrected chi connectivity index (χ4v) is 3.54. The molecule has 1 N–H and O–H groups in total. The Morgan fingerprint density at radius 2 is 2.27 bits per heavy atom. The summed E-state index contributed by atoms with van der Waals surface area (Å²) in [5.41, 5.74) is 0.740. The van der Waals surface area contributed by atoms with E-state index >= 15 is 0 Å². The van der Waals surface area contributed by atoms with E-state index in [1.54, 1.807) is 6.92 Å². The van der Waals surface area contributed by atoms with Gasteiger partial charge in [0.25, 0.3) is 0 Å². The number of carbonyl (C=O) groups is 1. The molecule has 1 atom stereocenters. The average molecular weight is 330 g/mol. The Morgan fingerprint density at radius 3 is 2.91 bits per heavy atom. The summed E-state index contributed by atoms with van der Waals surface area (Å²) in [5, 5.41) is 0. The van der Waals surface area contributed by atoms with Gasteiger partial charge in [0.15, 0.2) is 0 Å². The molecule has 0 amide bonds. The van der Waals surface area contributed by atoms with E-state index in [1.807, 2.05) is 6.07 Å². The van der Waals surface area contributed by atoms with E-state index in [9.17, 15) is 13.2 Å². The Labute approximate surface area is 130 Å². The molecule has 22 heavy (non-hydrogen) atoms. The summed E-state index contributed by atoms with van der Waals surface area (Å²) in [6.45, 7) is 3.83. The Balaban J connectivity index is 2.00. The van der Waals surface area contributed by atoms with Crippen LogP contribution in [-0.2, 0) is 21.3 Å². The second-order valence-corrected chi connectivity index (χ2v) is 7.46. The fourth-order valence-electron chi connectivity index (χ4n) is 2.74. The van der Waals surface area contributed by atoms with E-state index in [1.165, 1.54) is 13.4 Å². The second kappa shape index (κ2) is 6.80. The van der Waals surface area contributed by atoms with Crippen LogP contribution in [-0.4, -0.2) is 51.8 Å². The molecule has 0 bridgehead atoms. The molecule has 1 unspecified atom stereocenters. The number of furan rings is 1. The van der Waals surface area contributed by atoms with Gasteiger partial charge in [-0.3, -0.25) is 4.90 Å². The Morgan fingerprint density at radius 1 is 1.55 bits per heavy atom. The third-order valence-electron chi connectivity index (χ3n) is 3.61. The van der Waals surface area contributed by atoms with Gasteiger partial charge in [0, 0.05) is 18.2 Å². The van der Waals surface area contributed by atoms with Crippen LogP contribution in [0.1, 0.15) is 34.7 Å². The van der Waals surface area contributed by atoms with E-state index in [0.29, 0.717) is 18.8 Å². The molecule has 0 radical (unpaired) electrons. The summed E-state index contributed by atoms with van der Waals surface area (Å²) >= 11 is 0. The van der Waals surface area contributed by atoms with Crippen LogP contribution in [0.5, 0.6) is 0 Å². The number of sulfonamides is 1. The third kappa shape index (κ3) is 4.56. The van der Waals surface area contributed by atoms with E-state index < -0.39 is 16.0 Å². The van der Waals surface area contributed by atoms with Crippen molar-refractivity contribution in [2.45, 2.75) is 32.4 Å². The first kappa shape index (κ1) is 17.0. The van der Waals surface area contributed by atoms with Gasteiger partial charge in [0.2, 0.25) is 15.8 Å². The molecule has 1 aliphatic heterocycles. The predicted octanol–water partition coefficient (Wildman–Crippen LogP) is 0.888. The number of hydrogen-bond acceptors (Lipinski definition) is 6. The summed E-state index contributed by atoms with van der Waals surface area (Å²) in [5.74, 6) is 0.414. The lowest BCUT2D eigenvalue weighted by Crippen LogP contribution is -2.46. The molecule has 0 aliphatic carbocycles. The van der Waals surface area contributed by atoms with E-state index in [-0.39, 0.29) is 11.8 Å². The molecule has 2 rings (SSSR count). The summed E-state index contributed by atoms with van der Waals surface area (Å²) < 4.78 is 35.5. The molecule has 2 heterocycles. The lowest BCUT2D eigenvalue weighted by Gasteiger charge is -2.32. The number of rotatable bonds is 5. The lowest BCUT2D eigenvalue weighted by atomic mass is 10.1. The van der Waals surface area contributed by atoms with Gasteiger partial charge < -0.3 is 9.15 Å². The van der Waals surface area contributed by atoms with E-state index in [2.05, 4.69) is 14.4 Å². The molecule has 0 aromatic carbocycles. The SMILES string of the molecule is COC(=O)c1oc(CN2CCCC(NS(C)(=O)=O)C2)cc1C. The van der Waals surface area contributed by atoms with Crippen molar-refractivity contribution in [1.29, 1.82) is 0 Å². The van der Waals surface area contributed by atoms with Crippen LogP contribution in [0.25, 0.3) is 0 Å². The highest BCUT2D eigenvalue weighted by molar-refractivity contribution is 7.88. The van der Waals surface area contributed by atoms with Gasteiger partial charge in [0.05, 0.1) is 19.9 Å². The molecule has 8 heteroatoms. The van der Waals surface area contributed by atoms with Crippen molar-refractivity contribution in [2.75, 3.05) is 26.5 Å². The maximum atomic E-state index is 11.5. The number of methoxy groups -OCH3 is 1. The highest BCUT2D eigenvalue weighted by Gasteiger charge is 2.24. The zero-order valence-corrected chi connectivity index (χ0v) is 13.9. The Hall–Kier alpha value is -1.38. The predicted molar refractivity (Wildman–Crippen MR) is 81.1 cm³/mol. The van der Waals surface area contributed by atoms with Crippen LogP contribution >= 0.6 is 0 Å². The van der Waals surface area contributed by atoms with Gasteiger partial charge in [-0.2, -0.15) is 0 Å². The van der Waals surface area contributed by atoms with Gasteiger partial charge in [0.1, 0.15) is 5.76 Å². The maximum Gasteiger partial charge on any atom is 0.374 e. The number of carbonyl (C=O) groups excluding carboxylic acids is 1. The minimum atomic E-state index is -3.20. The van der Waals surface area contributed by atoms with Crippen molar-refractivity contribution >= 4 is 16.0 Å². The number of hydrogen-bond donors (Lipinski definition) is 1. The molecule has 124 valence electrons. The molecular formula is C14H22N2O5S. The maximum absolute atomic E-state index is 11.5. The average Bonchev–Trinajstić information content (AvgIpc) is 2.77. The van der Waals surface area contributed by atoms with Crippen LogP contribution in [0.15, 0.2) is 10.5 Å². The fraction of sp³-hybridized carbons (Fsp3) is 0.643. The second-order valence-electron chi connectivity index (χ2n) is 5.68. The number of nitrogens with zero attached hydrogens (tertiary/aromatic N) is 1. The smallest absolute Gasteiger partial charge is 0.374 e. The molecule has 0 saturated carbocycles. The minimum absolute atomic E-state index is 0.0834. The highest BCUT2D eigenvalue weighted by Crippen LogP contribution is 2.19. The van der Waals surface area contributed by atoms with Gasteiger partial charge in [-0.05, 0) is 32.4 Å². The van der Waals surface area contributed by atoms with Crippen LogP contribution in [0.4, 0.5) is 0 Å². The van der Waals surface area contributed by atoms with Gasteiger partial charge >= 0.3 is 5.97 Å². The van der Waals surface area contributed by atoms with Gasteiger partial charge in [-0.25, -0.2) is 17.9 Å². The van der Waals surface area contributed by atoms with E-state index in [0.717, 1.165) is 24.9 Å². The van der Waals surface area contributed by atoms with Gasteiger partial charge in [-0.15, -0.1) is 0 Å². The van der Waals surface area contributed by atoms with Crippen molar-refractivity contribution in [1.82, 2.24) is 9.62 Å². The molecule has 1 saturated heterocycles. The number of piperidine rings is 1. The highest BCUT2D eigenvalue weighted by atomic mass is 32.2. The van der Waals surface area contributed by atoms with E-state index in [4.69, 9.17) is 4.42 Å². The summed E-state index contributed by atoms with van der Waals surface area (Å²) in [7, 11) is -1.88. The van der Waals surface area contributed by atoms with Gasteiger partial charge in [-0.1, -0.05) is 0 Å². The number of esters is 1. The number of nitrogens with one attached hydrogen (secondary N) is 1. The minimum Gasteiger partial charge on any atom is -0.463 e. The molecular weight excluding hydrogens is 308 g/mol. The molecule has 1 fully saturated rings. The van der Waals surface area contributed by atoms with Crippen LogP contribution in [0.2, 0.25) is 0 Å². The summed E-state index contributed by atoms with van der Waals surface area (Å²) in [4.78, 5) is 13.7. The molecule has 1 aromatic rings.